The molecule has 3 N–H and O–H groups in total. The molecule has 0 heterocycles. The Morgan fingerprint density at radius 1 is 1.33 bits per heavy atom. The molecule has 4 nitrogen and oxygen atoms in total. The second-order valence-electron chi connectivity index (χ2n) is 4.72. The van der Waals surface area contributed by atoms with Gasteiger partial charge in [-0.3, -0.25) is 4.79 Å². The zero-order chi connectivity index (χ0) is 12.8. The van der Waals surface area contributed by atoms with Crippen molar-refractivity contribution < 1.29 is 9.53 Å². The number of carbonyl (C=O) groups excluding carboxylic acids is 1. The molecule has 0 saturated heterocycles. The van der Waals surface area contributed by atoms with Crippen molar-refractivity contribution in [1.82, 2.24) is 0 Å². The highest BCUT2D eigenvalue weighted by molar-refractivity contribution is 5.90. The number of hydrogen-bond acceptors (Lipinski definition) is 3. The second-order valence-corrected chi connectivity index (χ2v) is 4.72. The molecule has 1 aliphatic rings. The van der Waals surface area contributed by atoms with Gasteiger partial charge in [0, 0.05) is 12.1 Å². The van der Waals surface area contributed by atoms with E-state index in [1.807, 2.05) is 24.3 Å². The van der Waals surface area contributed by atoms with E-state index in [0.717, 1.165) is 24.0 Å². The van der Waals surface area contributed by atoms with Gasteiger partial charge in [-0.15, -0.1) is 0 Å². The first kappa shape index (κ1) is 12.9. The lowest BCUT2D eigenvalue weighted by Gasteiger charge is -2.07. The van der Waals surface area contributed by atoms with Crippen LogP contribution >= 0.6 is 0 Å². The molecule has 0 spiro atoms. The average molecular weight is 248 g/mol. The fourth-order valence-electron chi connectivity index (χ4n) is 1.62. The van der Waals surface area contributed by atoms with Crippen molar-refractivity contribution in [3.05, 3.63) is 24.3 Å². The summed E-state index contributed by atoms with van der Waals surface area (Å²) in [7, 11) is 0. The van der Waals surface area contributed by atoms with Crippen LogP contribution in [0.3, 0.4) is 0 Å². The van der Waals surface area contributed by atoms with Crippen LogP contribution in [0, 0.1) is 5.92 Å². The highest BCUT2D eigenvalue weighted by Gasteiger charge is 2.21. The maximum absolute atomic E-state index is 11.5. The van der Waals surface area contributed by atoms with E-state index in [1.165, 1.54) is 12.8 Å². The Morgan fingerprint density at radius 2 is 2.06 bits per heavy atom. The minimum absolute atomic E-state index is 0.00657. The van der Waals surface area contributed by atoms with Crippen molar-refractivity contribution in [3.8, 4) is 5.75 Å². The minimum Gasteiger partial charge on any atom is -0.493 e. The van der Waals surface area contributed by atoms with E-state index in [1.54, 1.807) is 0 Å². The summed E-state index contributed by atoms with van der Waals surface area (Å²) in [6.45, 7) is 1.35. The van der Waals surface area contributed by atoms with Crippen LogP contribution in [0.15, 0.2) is 24.3 Å². The predicted molar refractivity (Wildman–Crippen MR) is 71.6 cm³/mol. The lowest BCUT2D eigenvalue weighted by atomic mass is 10.2. The van der Waals surface area contributed by atoms with Gasteiger partial charge in [-0.25, -0.2) is 0 Å². The van der Waals surface area contributed by atoms with Gasteiger partial charge in [-0.2, -0.15) is 0 Å². The van der Waals surface area contributed by atoms with Gasteiger partial charge in [-0.05, 0) is 56.0 Å². The Kier molecular flexibility index (Phi) is 4.59. The van der Waals surface area contributed by atoms with Crippen molar-refractivity contribution in [3.63, 3.8) is 0 Å². The van der Waals surface area contributed by atoms with Gasteiger partial charge < -0.3 is 15.8 Å². The molecule has 0 aromatic heterocycles. The molecule has 1 saturated carbocycles. The van der Waals surface area contributed by atoms with E-state index < -0.39 is 0 Å². The molecule has 98 valence electrons. The van der Waals surface area contributed by atoms with Gasteiger partial charge in [0.2, 0.25) is 5.91 Å². The number of carbonyl (C=O) groups is 1. The molecule has 1 aromatic carbocycles. The van der Waals surface area contributed by atoms with Crippen LogP contribution < -0.4 is 15.8 Å². The first-order valence-electron chi connectivity index (χ1n) is 6.50. The molecule has 0 aliphatic heterocycles. The highest BCUT2D eigenvalue weighted by atomic mass is 16.5. The van der Waals surface area contributed by atoms with E-state index in [9.17, 15) is 4.79 Å². The number of ether oxygens (including phenoxy) is 1. The van der Waals surface area contributed by atoms with Crippen LogP contribution in [0.4, 0.5) is 5.69 Å². The number of nitrogens with two attached hydrogens (primary N) is 1. The molecule has 0 atom stereocenters. The molecule has 2 rings (SSSR count). The molecule has 18 heavy (non-hydrogen) atoms. The molecular weight excluding hydrogens is 228 g/mol. The Bertz CT molecular complexity index is 385. The van der Waals surface area contributed by atoms with E-state index >= 15 is 0 Å². The minimum atomic E-state index is 0.00657. The smallest absolute Gasteiger partial charge is 0.224 e. The summed E-state index contributed by atoms with van der Waals surface area (Å²) in [5.74, 6) is 1.62. The number of nitrogens with one attached hydrogen (secondary N) is 1. The molecule has 1 aromatic rings. The molecule has 1 aliphatic carbocycles. The van der Waals surface area contributed by atoms with E-state index in [0.29, 0.717) is 19.4 Å². The fraction of sp³-hybridized carbons (Fsp3) is 0.500. The van der Waals surface area contributed by atoms with Crippen LogP contribution in [-0.2, 0) is 4.79 Å². The van der Waals surface area contributed by atoms with E-state index in [-0.39, 0.29) is 5.91 Å². The van der Waals surface area contributed by atoms with Gasteiger partial charge in [0.05, 0.1) is 6.61 Å². The summed E-state index contributed by atoms with van der Waals surface area (Å²) in [6.07, 6.45) is 3.76. The number of amides is 1. The summed E-state index contributed by atoms with van der Waals surface area (Å²) in [6, 6.07) is 7.51. The standard InChI is InChI=1S/C14H20N2O2/c15-9-1-2-14(17)16-12-5-7-13(8-6-12)18-10-11-3-4-11/h5-8,11H,1-4,9-10,15H2,(H,16,17). The summed E-state index contributed by atoms with van der Waals surface area (Å²) in [4.78, 5) is 11.5. The van der Waals surface area contributed by atoms with Gasteiger partial charge in [0.25, 0.3) is 0 Å². The zero-order valence-electron chi connectivity index (χ0n) is 10.5. The number of hydrogen-bond donors (Lipinski definition) is 2. The highest BCUT2D eigenvalue weighted by Crippen LogP contribution is 2.29. The summed E-state index contributed by atoms with van der Waals surface area (Å²) in [5, 5.41) is 2.83. The average Bonchev–Trinajstić information content (AvgIpc) is 3.20. The normalized spacial score (nSPS) is 14.3. The molecule has 4 heteroatoms. The lowest BCUT2D eigenvalue weighted by Crippen LogP contribution is -2.13. The molecule has 1 fully saturated rings. The van der Waals surface area contributed by atoms with Crippen molar-refractivity contribution >= 4 is 11.6 Å². The maximum atomic E-state index is 11.5. The van der Waals surface area contributed by atoms with Crippen molar-refractivity contribution in [2.24, 2.45) is 11.7 Å². The maximum Gasteiger partial charge on any atom is 0.224 e. The number of rotatable bonds is 7. The zero-order valence-corrected chi connectivity index (χ0v) is 10.5. The third-order valence-electron chi connectivity index (χ3n) is 2.93. The lowest BCUT2D eigenvalue weighted by molar-refractivity contribution is -0.116. The van der Waals surface area contributed by atoms with E-state index in [4.69, 9.17) is 10.5 Å². The summed E-state index contributed by atoms with van der Waals surface area (Å²) < 4.78 is 5.63. The topological polar surface area (TPSA) is 64.4 Å². The quantitative estimate of drug-likeness (QED) is 0.777. The Balaban J connectivity index is 1.77. The van der Waals surface area contributed by atoms with Crippen molar-refractivity contribution in [1.29, 1.82) is 0 Å². The monoisotopic (exact) mass is 248 g/mol. The van der Waals surface area contributed by atoms with Crippen LogP contribution in [0.5, 0.6) is 5.75 Å². The predicted octanol–water partition coefficient (Wildman–Crippen LogP) is 2.15. The molecule has 0 radical (unpaired) electrons. The number of anilines is 1. The number of benzene rings is 1. The summed E-state index contributed by atoms with van der Waals surface area (Å²) in [5.41, 5.74) is 6.16. The van der Waals surface area contributed by atoms with E-state index in [2.05, 4.69) is 5.32 Å². The Labute approximate surface area is 108 Å². The molecule has 0 bridgehead atoms. The third-order valence-corrected chi connectivity index (χ3v) is 2.93. The largest absolute Gasteiger partial charge is 0.493 e. The fourth-order valence-corrected chi connectivity index (χ4v) is 1.62. The van der Waals surface area contributed by atoms with Crippen LogP contribution in [0.1, 0.15) is 25.7 Å². The van der Waals surface area contributed by atoms with Crippen LogP contribution in [0.25, 0.3) is 0 Å². The Morgan fingerprint density at radius 3 is 2.67 bits per heavy atom. The molecule has 1 amide bonds. The second kappa shape index (κ2) is 6.40. The Hall–Kier alpha value is -1.55. The van der Waals surface area contributed by atoms with Crippen LogP contribution in [0.2, 0.25) is 0 Å². The van der Waals surface area contributed by atoms with Gasteiger partial charge in [0.15, 0.2) is 0 Å². The summed E-state index contributed by atoms with van der Waals surface area (Å²) >= 11 is 0. The van der Waals surface area contributed by atoms with Gasteiger partial charge >= 0.3 is 0 Å². The van der Waals surface area contributed by atoms with Crippen molar-refractivity contribution in [2.75, 3.05) is 18.5 Å². The SMILES string of the molecule is NCCCC(=O)Nc1ccc(OCC2CC2)cc1. The molecular formula is C14H20N2O2. The van der Waals surface area contributed by atoms with Crippen LogP contribution in [-0.4, -0.2) is 19.1 Å². The van der Waals surface area contributed by atoms with Gasteiger partial charge in [-0.1, -0.05) is 0 Å². The third kappa shape index (κ3) is 4.37. The first-order chi connectivity index (χ1) is 8.78. The van der Waals surface area contributed by atoms with Crippen molar-refractivity contribution in [2.45, 2.75) is 25.7 Å². The molecule has 0 unspecified atom stereocenters. The van der Waals surface area contributed by atoms with Gasteiger partial charge in [0.1, 0.15) is 5.75 Å². The first-order valence-corrected chi connectivity index (χ1v) is 6.50.